The molecule has 19 nitrogen and oxygen atoms in total. The highest BCUT2D eigenvalue weighted by molar-refractivity contribution is 7.86. The fraction of sp³-hybridized carbons (Fsp3) is 0.414. The van der Waals surface area contributed by atoms with Crippen molar-refractivity contribution in [2.24, 2.45) is 0 Å². The average molecular weight is 1130 g/mol. The molecular formula is C58H72N3O16S2+. The Morgan fingerprint density at radius 3 is 2.08 bits per heavy atom. The molecule has 4 heterocycles. The van der Waals surface area contributed by atoms with Gasteiger partial charge in [0, 0.05) is 84.8 Å². The standard InChI is InChI=1S/C58H71N3O16S2/c1-42-41-57(2,3)60(26-27-72-30-31-74-34-35-75-33-32-73-29-28-70-5)50-40-52-47(39-46(42)50)44(37-51(76-52)43-15-9-7-10-16-43)17-11-8-12-18-53-58(4,24-13-19-56(64)77-61-54(62)22-23-55(61)63)48-38-45(79(67,68)69)20-21-49(48)59(53)25-14-36-78(65,66)71-6/h7-12,15-18,20-23,37-41H,13-14,19,24-36H2,1-6H3,(H2-,62,63,67,68,69)/p+1. The first kappa shape index (κ1) is 60.2. The zero-order chi connectivity index (χ0) is 56.8. The van der Waals surface area contributed by atoms with Crippen molar-refractivity contribution in [1.82, 2.24) is 4.73 Å². The van der Waals surface area contributed by atoms with Crippen LogP contribution in [0.15, 0.2) is 120 Å². The summed E-state index contributed by atoms with van der Waals surface area (Å²) in [6, 6.07) is 20.7. The molecule has 0 bridgehead atoms. The number of nitrogens with zero attached hydrogens (tertiary/aromatic N) is 3. The summed E-state index contributed by atoms with van der Waals surface area (Å²) in [5.74, 6) is -0.651. The van der Waals surface area contributed by atoms with Gasteiger partial charge in [-0.3, -0.25) is 8.74 Å². The van der Waals surface area contributed by atoms with Crippen molar-refractivity contribution in [3.8, 4) is 17.5 Å². The summed E-state index contributed by atoms with van der Waals surface area (Å²) in [6.07, 6.45) is 14.1. The van der Waals surface area contributed by atoms with Crippen LogP contribution >= 0.6 is 0 Å². The molecule has 1 atom stereocenters. The molecular weight excluding hydrogens is 1060 g/mol. The second-order valence-corrected chi connectivity index (χ2v) is 23.0. The Bertz CT molecular complexity index is 3190. The summed E-state index contributed by atoms with van der Waals surface area (Å²) in [5.41, 5.74) is 6.28. The molecule has 3 N–H and O–H groups in total. The van der Waals surface area contributed by atoms with Crippen molar-refractivity contribution in [2.45, 2.75) is 69.2 Å². The van der Waals surface area contributed by atoms with Crippen LogP contribution in [0.1, 0.15) is 75.6 Å². The van der Waals surface area contributed by atoms with Gasteiger partial charge in [0.05, 0.1) is 88.2 Å². The van der Waals surface area contributed by atoms with Crippen LogP contribution in [0.5, 0.6) is 17.5 Å². The van der Waals surface area contributed by atoms with Gasteiger partial charge in [-0.1, -0.05) is 60.7 Å². The maximum Gasteiger partial charge on any atom is 0.333 e. The zero-order valence-electron chi connectivity index (χ0n) is 45.6. The van der Waals surface area contributed by atoms with Gasteiger partial charge in [0.15, 0.2) is 5.71 Å². The van der Waals surface area contributed by atoms with Gasteiger partial charge in [-0.25, -0.2) is 4.79 Å². The second kappa shape index (κ2) is 27.2. The van der Waals surface area contributed by atoms with E-state index in [4.69, 9.17) is 37.4 Å². The van der Waals surface area contributed by atoms with Crippen LogP contribution in [0.4, 0.5) is 11.4 Å². The number of carbonyl (C=O) groups is 1. The molecule has 79 heavy (non-hydrogen) atoms. The lowest BCUT2D eigenvalue weighted by atomic mass is 9.75. The van der Waals surface area contributed by atoms with Crippen molar-refractivity contribution in [3.05, 3.63) is 138 Å². The molecule has 1 aromatic heterocycles. The van der Waals surface area contributed by atoms with Gasteiger partial charge in [-0.05, 0) is 76.0 Å². The average Bonchev–Trinajstić information content (AvgIpc) is 3.86. The number of anilines is 1. The molecule has 0 amide bonds. The number of benzene rings is 3. The van der Waals surface area contributed by atoms with Crippen LogP contribution in [0.25, 0.3) is 16.9 Å². The van der Waals surface area contributed by atoms with E-state index in [1.54, 1.807) is 13.2 Å². The van der Waals surface area contributed by atoms with Gasteiger partial charge in [0.2, 0.25) is 17.4 Å². The van der Waals surface area contributed by atoms with Crippen molar-refractivity contribution in [2.75, 3.05) is 97.4 Å². The molecule has 0 fully saturated rings. The second-order valence-electron chi connectivity index (χ2n) is 19.7. The van der Waals surface area contributed by atoms with Gasteiger partial charge in [-0.2, -0.15) is 21.4 Å². The highest BCUT2D eigenvalue weighted by atomic mass is 32.2. The van der Waals surface area contributed by atoms with Gasteiger partial charge in [-0.15, -0.1) is 4.73 Å². The Hall–Kier alpha value is -6.40. The molecule has 0 aliphatic carbocycles. The van der Waals surface area contributed by atoms with E-state index in [-0.39, 0.29) is 48.4 Å². The van der Waals surface area contributed by atoms with Gasteiger partial charge in [0.1, 0.15) is 18.1 Å². The van der Waals surface area contributed by atoms with Gasteiger partial charge < -0.3 is 48.4 Å². The summed E-state index contributed by atoms with van der Waals surface area (Å²) >= 11 is 0. The Morgan fingerprint density at radius 2 is 1.43 bits per heavy atom. The summed E-state index contributed by atoms with van der Waals surface area (Å²) < 4.78 is 102. The predicted octanol–water partition coefficient (Wildman–Crippen LogP) is 8.04. The van der Waals surface area contributed by atoms with E-state index >= 15 is 0 Å². The van der Waals surface area contributed by atoms with Crippen molar-refractivity contribution >= 4 is 60.2 Å². The van der Waals surface area contributed by atoms with Crippen molar-refractivity contribution < 1.29 is 78.4 Å². The Balaban J connectivity index is 1.14. The molecule has 7 rings (SSSR count). The lowest BCUT2D eigenvalue weighted by Crippen LogP contribution is -2.46. The van der Waals surface area contributed by atoms with E-state index in [2.05, 4.69) is 43.9 Å². The Morgan fingerprint density at radius 1 is 0.772 bits per heavy atom. The molecule has 3 aromatic carbocycles. The highest BCUT2D eigenvalue weighted by Gasteiger charge is 2.48. The first-order valence-corrected chi connectivity index (χ1v) is 29.1. The SMILES string of the molecule is COCCOCCOCCOCCOCCN1c2cc3c(cc2C(C)=CC1(C)C)C(=CC=CC=CC1=[N+](CCCS(=O)(=O)OC)c2ccc(S(=O)(=O)O)cc2C1(C)CCCC(=O)On1c(O)ccc1O)C=C(c1ccccc1)O3. The lowest BCUT2D eigenvalue weighted by Gasteiger charge is -2.44. The minimum Gasteiger partial charge on any atom is -0.492 e. The maximum absolute atomic E-state index is 13.0. The number of rotatable bonds is 30. The number of carbonyl (C=O) groups excluding carboxylic acids is 1. The van der Waals surface area contributed by atoms with Crippen LogP contribution in [0.3, 0.4) is 0 Å². The monoisotopic (exact) mass is 1130 g/mol. The van der Waals surface area contributed by atoms with E-state index in [0.29, 0.717) is 99.2 Å². The number of aromatic hydroxyl groups is 2. The molecule has 0 saturated heterocycles. The van der Waals surface area contributed by atoms with Crippen LogP contribution in [-0.2, 0) is 58.3 Å². The first-order chi connectivity index (χ1) is 37.8. The van der Waals surface area contributed by atoms with Crippen molar-refractivity contribution in [1.29, 1.82) is 0 Å². The van der Waals surface area contributed by atoms with Crippen LogP contribution in [0, 0.1) is 0 Å². The Kier molecular flexibility index (Phi) is 20.7. The Labute approximate surface area is 463 Å². The summed E-state index contributed by atoms with van der Waals surface area (Å²) in [4.78, 5) is 20.2. The minimum atomic E-state index is -4.65. The quantitative estimate of drug-likeness (QED) is 0.0147. The van der Waals surface area contributed by atoms with E-state index in [0.717, 1.165) is 40.6 Å². The molecule has 0 spiro atoms. The van der Waals surface area contributed by atoms with E-state index in [9.17, 15) is 36.4 Å². The van der Waals surface area contributed by atoms with E-state index < -0.39 is 43.4 Å². The fourth-order valence-corrected chi connectivity index (χ4v) is 11.1. The van der Waals surface area contributed by atoms with Gasteiger partial charge in [0.25, 0.3) is 20.2 Å². The number of allylic oxidation sites excluding steroid dienone is 8. The third-order valence-electron chi connectivity index (χ3n) is 13.8. The third-order valence-corrected chi connectivity index (χ3v) is 15.9. The number of hydrogen-bond donors (Lipinski definition) is 3. The molecule has 3 aliphatic heterocycles. The van der Waals surface area contributed by atoms with E-state index in [1.165, 1.54) is 24.3 Å². The first-order valence-electron chi connectivity index (χ1n) is 26.1. The highest BCUT2D eigenvalue weighted by Crippen LogP contribution is 2.47. The maximum atomic E-state index is 13.0. The van der Waals surface area contributed by atoms with Crippen LogP contribution in [-0.4, -0.2) is 151 Å². The summed E-state index contributed by atoms with van der Waals surface area (Å²) in [6.45, 7) is 13.5. The number of methoxy groups -OCH3 is 1. The molecule has 4 aromatic rings. The van der Waals surface area contributed by atoms with Crippen molar-refractivity contribution in [3.63, 3.8) is 0 Å². The predicted molar refractivity (Wildman–Crippen MR) is 300 cm³/mol. The molecule has 426 valence electrons. The fourth-order valence-electron chi connectivity index (χ4n) is 9.91. The van der Waals surface area contributed by atoms with Crippen LogP contribution < -0.4 is 14.5 Å². The minimum absolute atomic E-state index is 0.139. The lowest BCUT2D eigenvalue weighted by molar-refractivity contribution is -0.437. The number of hydrogen-bond acceptors (Lipinski definition) is 16. The van der Waals surface area contributed by atoms with Gasteiger partial charge >= 0.3 is 5.97 Å². The summed E-state index contributed by atoms with van der Waals surface area (Å²) in [7, 11) is -5.74. The van der Waals surface area contributed by atoms with Crippen LogP contribution in [0.2, 0.25) is 0 Å². The smallest absolute Gasteiger partial charge is 0.333 e. The molecule has 0 radical (unpaired) electrons. The molecule has 0 saturated carbocycles. The molecule has 21 heteroatoms. The normalized spacial score (nSPS) is 17.5. The van der Waals surface area contributed by atoms with E-state index in [1.807, 2.05) is 78.3 Å². The number of ether oxygens (including phenoxy) is 6. The molecule has 3 aliphatic rings. The third kappa shape index (κ3) is 15.5. The topological polar surface area (TPSA) is 231 Å². The number of aromatic nitrogens is 1. The largest absolute Gasteiger partial charge is 0.492 e. The number of fused-ring (bicyclic) bond motifs is 3. The summed E-state index contributed by atoms with van der Waals surface area (Å²) in [5, 5.41) is 20.1. The molecule has 1 unspecified atom stereocenters. The zero-order valence-corrected chi connectivity index (χ0v) is 47.2.